The molecule has 0 radical (unpaired) electrons. The van der Waals surface area contributed by atoms with Crippen molar-refractivity contribution in [2.75, 3.05) is 0 Å². The molecule has 9 rings (SSSR count). The van der Waals surface area contributed by atoms with E-state index in [0.717, 1.165) is 49.9 Å². The van der Waals surface area contributed by atoms with E-state index in [1.54, 1.807) is 0 Å². The summed E-state index contributed by atoms with van der Waals surface area (Å²) in [6, 6.07) is 33.7. The van der Waals surface area contributed by atoms with E-state index in [4.69, 9.17) is 9.98 Å². The predicted octanol–water partition coefficient (Wildman–Crippen LogP) is 9.43. The third-order valence-corrected chi connectivity index (χ3v) is 9.40. The van der Waals surface area contributed by atoms with Gasteiger partial charge in [0, 0.05) is 39.4 Å². The van der Waals surface area contributed by atoms with Gasteiger partial charge in [-0.3, -0.25) is 9.98 Å². The van der Waals surface area contributed by atoms with Crippen molar-refractivity contribution in [1.82, 2.24) is 9.38 Å². The molecule has 0 saturated heterocycles. The molecule has 1 aliphatic carbocycles. The van der Waals surface area contributed by atoms with Gasteiger partial charge in [-0.15, -0.1) is 0 Å². The third kappa shape index (κ3) is 3.06. The number of aromatic nitrogens is 2. The summed E-state index contributed by atoms with van der Waals surface area (Å²) in [5, 5.41) is 5.45. The molecule has 1 aliphatic heterocycles. The van der Waals surface area contributed by atoms with Crippen LogP contribution in [-0.4, -0.2) is 15.1 Å². The third-order valence-electron chi connectivity index (χ3n) is 9.40. The maximum absolute atomic E-state index is 5.44. The van der Waals surface area contributed by atoms with E-state index in [2.05, 4.69) is 89.3 Å². The highest BCUT2D eigenvalue weighted by atomic mass is 14.9. The number of para-hydroxylation sites is 2. The van der Waals surface area contributed by atoms with E-state index in [0.29, 0.717) is 0 Å². The van der Waals surface area contributed by atoms with Crippen molar-refractivity contribution in [1.29, 1.82) is 0 Å². The Morgan fingerprint density at radius 2 is 1.45 bits per heavy atom. The minimum absolute atomic E-state index is 0.255. The van der Waals surface area contributed by atoms with Crippen LogP contribution in [0.5, 0.6) is 0 Å². The summed E-state index contributed by atoms with van der Waals surface area (Å²) in [5.41, 5.74) is 13.2. The van der Waals surface area contributed by atoms with Crippen LogP contribution in [0.3, 0.4) is 0 Å². The summed E-state index contributed by atoms with van der Waals surface area (Å²) in [5.74, 6) is 0.255. The quantitative estimate of drug-likeness (QED) is 0.214. The highest BCUT2D eigenvalue weighted by Crippen LogP contribution is 2.50. The number of rotatable bonds is 1. The molecule has 0 N–H and O–H groups in total. The molecular formula is C37H29N3. The van der Waals surface area contributed by atoms with Crippen molar-refractivity contribution in [3.63, 3.8) is 0 Å². The van der Waals surface area contributed by atoms with E-state index < -0.39 is 0 Å². The number of fused-ring (bicyclic) bond motifs is 11. The van der Waals surface area contributed by atoms with Crippen LogP contribution in [0.2, 0.25) is 0 Å². The van der Waals surface area contributed by atoms with E-state index in [-0.39, 0.29) is 5.92 Å². The molecule has 40 heavy (non-hydrogen) atoms. The van der Waals surface area contributed by atoms with Gasteiger partial charge in [0.1, 0.15) is 0 Å². The van der Waals surface area contributed by atoms with Crippen LogP contribution in [-0.2, 0) is 12.8 Å². The smallest absolute Gasteiger partial charge is 0.0844 e. The van der Waals surface area contributed by atoms with Crippen molar-refractivity contribution >= 4 is 49.5 Å². The molecule has 0 spiro atoms. The molecular weight excluding hydrogens is 486 g/mol. The highest BCUT2D eigenvalue weighted by Gasteiger charge is 2.32. The molecule has 192 valence electrons. The van der Waals surface area contributed by atoms with Crippen molar-refractivity contribution in [2.45, 2.75) is 44.4 Å². The molecule has 3 aromatic heterocycles. The number of nitrogens with zero attached hydrogens (tertiary/aromatic N) is 3. The Balaban J connectivity index is 1.45. The summed E-state index contributed by atoms with van der Waals surface area (Å²) in [4.78, 5) is 10.2. The Kier molecular flexibility index (Phi) is 4.74. The van der Waals surface area contributed by atoms with E-state index in [1.165, 1.54) is 66.1 Å². The lowest BCUT2D eigenvalue weighted by Crippen LogP contribution is -2.15. The zero-order valence-electron chi connectivity index (χ0n) is 22.4. The first-order valence-electron chi connectivity index (χ1n) is 14.7. The first kappa shape index (κ1) is 22.3. The highest BCUT2D eigenvalue weighted by molar-refractivity contribution is 6.26. The van der Waals surface area contributed by atoms with Crippen molar-refractivity contribution < 1.29 is 0 Å². The van der Waals surface area contributed by atoms with Crippen molar-refractivity contribution in [2.24, 2.45) is 4.99 Å². The lowest BCUT2D eigenvalue weighted by Gasteiger charge is -2.24. The van der Waals surface area contributed by atoms with Gasteiger partial charge in [-0.05, 0) is 91.1 Å². The Morgan fingerprint density at radius 1 is 0.675 bits per heavy atom. The van der Waals surface area contributed by atoms with Crippen molar-refractivity contribution in [3.8, 4) is 11.1 Å². The minimum Gasteiger partial charge on any atom is -0.308 e. The minimum atomic E-state index is 0.255. The number of aliphatic imine (C=N–C) groups is 1. The van der Waals surface area contributed by atoms with E-state index >= 15 is 0 Å². The van der Waals surface area contributed by atoms with Gasteiger partial charge >= 0.3 is 0 Å². The summed E-state index contributed by atoms with van der Waals surface area (Å²) >= 11 is 0. The fraction of sp³-hybridized carbons (Fsp3) is 0.189. The summed E-state index contributed by atoms with van der Waals surface area (Å²) in [6.07, 6.45) is 8.41. The Bertz CT molecular complexity index is 2130. The van der Waals surface area contributed by atoms with Gasteiger partial charge in [-0.25, -0.2) is 0 Å². The molecule has 4 aromatic carbocycles. The Labute approximate surface area is 233 Å². The van der Waals surface area contributed by atoms with Gasteiger partial charge in [-0.1, -0.05) is 60.7 Å². The molecule has 1 unspecified atom stereocenters. The normalized spacial score (nSPS) is 18.6. The summed E-state index contributed by atoms with van der Waals surface area (Å²) in [6.45, 7) is 0. The molecule has 0 fully saturated rings. The van der Waals surface area contributed by atoms with Crippen LogP contribution < -0.4 is 0 Å². The fourth-order valence-corrected chi connectivity index (χ4v) is 7.69. The number of aryl methyl sites for hydroxylation is 2. The van der Waals surface area contributed by atoms with Crippen molar-refractivity contribution in [3.05, 3.63) is 114 Å². The zero-order valence-corrected chi connectivity index (χ0v) is 22.4. The van der Waals surface area contributed by atoms with Gasteiger partial charge < -0.3 is 4.40 Å². The molecule has 0 bridgehead atoms. The average Bonchev–Trinajstić information content (AvgIpc) is 3.44. The molecule has 4 heterocycles. The fourth-order valence-electron chi connectivity index (χ4n) is 7.69. The zero-order chi connectivity index (χ0) is 26.2. The lowest BCUT2D eigenvalue weighted by atomic mass is 9.82. The van der Waals surface area contributed by atoms with E-state index in [9.17, 15) is 0 Å². The second-order valence-electron chi connectivity index (χ2n) is 11.5. The van der Waals surface area contributed by atoms with Gasteiger partial charge in [0.05, 0.1) is 27.9 Å². The standard InChI is InChI=1S/C37H29N3/c1-2-11-24-23(10-1)19-20-26(30-14-5-6-15-31-32(39-30)16-9-21-38-31)35-28(24)22-29-25-12-3-7-17-33(25)40-34-18-8-4-13-27(34)36(35)37(29)40/h1-4,7-13,16-18,21-22,26H,5-6,14-15,19-20H2/b39-30+. The van der Waals surface area contributed by atoms with Crippen LogP contribution in [0.15, 0.2) is 102 Å². The number of hydrogen-bond donors (Lipinski definition) is 0. The largest absolute Gasteiger partial charge is 0.308 e. The van der Waals surface area contributed by atoms with Crippen LogP contribution in [0.1, 0.15) is 48.4 Å². The molecule has 0 saturated carbocycles. The van der Waals surface area contributed by atoms with Crippen LogP contribution in [0.25, 0.3) is 49.2 Å². The van der Waals surface area contributed by atoms with E-state index in [1.807, 2.05) is 12.3 Å². The second kappa shape index (κ2) is 8.50. The Morgan fingerprint density at radius 3 is 2.38 bits per heavy atom. The molecule has 1 atom stereocenters. The predicted molar refractivity (Wildman–Crippen MR) is 166 cm³/mol. The van der Waals surface area contributed by atoms with Gasteiger partial charge in [0.25, 0.3) is 0 Å². The average molecular weight is 516 g/mol. The maximum Gasteiger partial charge on any atom is 0.0844 e. The number of benzene rings is 4. The molecule has 7 aromatic rings. The Hall–Kier alpha value is -4.50. The number of pyridine rings is 1. The van der Waals surface area contributed by atoms with Crippen LogP contribution in [0, 0.1) is 0 Å². The van der Waals surface area contributed by atoms with Gasteiger partial charge in [0.15, 0.2) is 0 Å². The first-order valence-corrected chi connectivity index (χ1v) is 14.7. The number of hydrogen-bond acceptors (Lipinski definition) is 2. The molecule has 0 amide bonds. The second-order valence-corrected chi connectivity index (χ2v) is 11.5. The topological polar surface area (TPSA) is 29.7 Å². The first-order chi connectivity index (χ1) is 19.9. The molecule has 2 aliphatic rings. The maximum atomic E-state index is 5.44. The van der Waals surface area contributed by atoms with Crippen LogP contribution >= 0.6 is 0 Å². The lowest BCUT2D eigenvalue weighted by molar-refractivity contribution is 0.706. The summed E-state index contributed by atoms with van der Waals surface area (Å²) < 4.78 is 2.52. The van der Waals surface area contributed by atoms with Gasteiger partial charge in [-0.2, -0.15) is 0 Å². The molecule has 3 heteroatoms. The van der Waals surface area contributed by atoms with Gasteiger partial charge in [0.2, 0.25) is 0 Å². The summed E-state index contributed by atoms with van der Waals surface area (Å²) in [7, 11) is 0. The monoisotopic (exact) mass is 515 g/mol. The molecule has 3 nitrogen and oxygen atoms in total. The SMILES string of the molecule is c1ccc2c(c1)CCC(/C1=N/c3cccnc3CCCC1)c1c-2cc2c3ccccc3n3c4ccccc4c1c23. The van der Waals surface area contributed by atoms with Crippen LogP contribution in [0.4, 0.5) is 5.69 Å².